The molecular weight excluding hydrogens is 611 g/mol. The highest BCUT2D eigenvalue weighted by Crippen LogP contribution is 2.22. The van der Waals surface area contributed by atoms with Crippen LogP contribution >= 0.6 is 0 Å². The molecule has 7 N–H and O–H groups in total. The van der Waals surface area contributed by atoms with E-state index < -0.39 is 83.7 Å². The van der Waals surface area contributed by atoms with E-state index in [0.717, 1.165) is 10.5 Å². The molecule has 3 rings (SSSR count). The molecule has 2 aromatic rings. The maximum atomic E-state index is 14.0. The first-order valence-corrected chi connectivity index (χ1v) is 14.8. The summed E-state index contributed by atoms with van der Waals surface area (Å²) in [4.78, 5) is 64.3. The van der Waals surface area contributed by atoms with Gasteiger partial charge >= 0.3 is 11.9 Å². The molecule has 5 atom stereocenters. The van der Waals surface area contributed by atoms with Gasteiger partial charge in [-0.05, 0) is 43.4 Å². The van der Waals surface area contributed by atoms with Crippen molar-refractivity contribution in [2.24, 2.45) is 11.5 Å². The molecule has 0 aromatic heterocycles. The quantitative estimate of drug-likeness (QED) is 0.130. The zero-order valence-corrected chi connectivity index (χ0v) is 25.2. The van der Waals surface area contributed by atoms with E-state index in [1.54, 1.807) is 6.92 Å². The number of nitrogens with two attached hydrogens (primary N) is 2. The molecule has 3 amide bonds. The fourth-order valence-corrected chi connectivity index (χ4v) is 5.35. The number of aryl methyl sites for hydroxylation is 1. The van der Waals surface area contributed by atoms with Crippen LogP contribution in [0, 0.1) is 17.5 Å². The predicted octanol–water partition coefficient (Wildman–Crippen LogP) is 0.932. The molecule has 0 bridgehead atoms. The van der Waals surface area contributed by atoms with E-state index in [4.69, 9.17) is 16.2 Å². The number of amides is 3. The van der Waals surface area contributed by atoms with E-state index >= 15 is 0 Å². The Kier molecular flexibility index (Phi) is 13.1. The molecule has 250 valence electrons. The minimum absolute atomic E-state index is 0.0603. The Morgan fingerprint density at radius 2 is 1.70 bits per heavy atom. The third kappa shape index (κ3) is 10.3. The molecule has 0 spiro atoms. The fraction of sp³-hybridized carbons (Fsp3) is 0.452. The standard InChI is InChI=1S/C31H38F3N5O7/c1-2-46-31(45)24(9-8-17-6-4-3-5-7-17)38-25(15-27(36)40)29(42)39-16-20(13-26(39)30(43)44)37-28(41)12-19(35)10-18-11-22(33)23(34)14-21(18)32/h3-7,11,14,19-20,24-26,38H,2,8-10,12-13,15-16,35H2,1H3,(H2,36,40)(H,37,41)(H,43,44)/t19-,20+,24?,25+,26+/m1/s1. The summed E-state index contributed by atoms with van der Waals surface area (Å²) in [6, 6.07) is 4.63. The van der Waals surface area contributed by atoms with E-state index in [0.29, 0.717) is 18.6 Å². The number of carboxylic acid groups (broad SMARTS) is 1. The van der Waals surface area contributed by atoms with Gasteiger partial charge in [0.05, 0.1) is 19.1 Å². The second-order valence-electron chi connectivity index (χ2n) is 11.1. The van der Waals surface area contributed by atoms with Crippen molar-refractivity contribution in [2.45, 2.75) is 75.7 Å². The average molecular weight is 650 g/mol. The number of carbonyl (C=O) groups excluding carboxylic acids is 4. The monoisotopic (exact) mass is 649 g/mol. The Morgan fingerprint density at radius 3 is 2.33 bits per heavy atom. The van der Waals surface area contributed by atoms with E-state index in [2.05, 4.69) is 10.6 Å². The highest BCUT2D eigenvalue weighted by atomic mass is 19.2. The summed E-state index contributed by atoms with van der Waals surface area (Å²) in [5.41, 5.74) is 12.0. The van der Waals surface area contributed by atoms with E-state index in [-0.39, 0.29) is 44.4 Å². The van der Waals surface area contributed by atoms with Crippen molar-refractivity contribution in [3.8, 4) is 0 Å². The number of ether oxygens (including phenoxy) is 1. The van der Waals surface area contributed by atoms with Gasteiger partial charge in [0.25, 0.3) is 0 Å². The van der Waals surface area contributed by atoms with Crippen LogP contribution < -0.4 is 22.1 Å². The number of hydrogen-bond donors (Lipinski definition) is 5. The lowest BCUT2D eigenvalue weighted by molar-refractivity contribution is -0.151. The van der Waals surface area contributed by atoms with Crippen LogP contribution in [0.5, 0.6) is 0 Å². The molecule has 1 unspecified atom stereocenters. The van der Waals surface area contributed by atoms with E-state index in [1.165, 1.54) is 0 Å². The van der Waals surface area contributed by atoms with Crippen molar-refractivity contribution in [2.75, 3.05) is 13.2 Å². The molecule has 46 heavy (non-hydrogen) atoms. The van der Waals surface area contributed by atoms with Gasteiger partial charge in [-0.25, -0.2) is 18.0 Å². The van der Waals surface area contributed by atoms with Crippen molar-refractivity contribution in [3.63, 3.8) is 0 Å². The summed E-state index contributed by atoms with van der Waals surface area (Å²) < 4.78 is 45.9. The molecule has 1 fully saturated rings. The van der Waals surface area contributed by atoms with Gasteiger partial charge in [-0.2, -0.15) is 0 Å². The molecule has 15 heteroatoms. The molecule has 2 aromatic carbocycles. The summed E-state index contributed by atoms with van der Waals surface area (Å²) >= 11 is 0. The van der Waals surface area contributed by atoms with E-state index in [1.807, 2.05) is 30.3 Å². The number of primary amides is 1. The van der Waals surface area contributed by atoms with Crippen LogP contribution in [0.25, 0.3) is 0 Å². The number of benzene rings is 2. The molecule has 0 saturated carbocycles. The number of likely N-dealkylation sites (tertiary alicyclic amines) is 1. The van der Waals surface area contributed by atoms with Crippen LogP contribution in [0.1, 0.15) is 43.7 Å². The summed E-state index contributed by atoms with van der Waals surface area (Å²) in [7, 11) is 0. The maximum absolute atomic E-state index is 14.0. The lowest BCUT2D eigenvalue weighted by Gasteiger charge is -2.29. The van der Waals surface area contributed by atoms with Gasteiger partial charge < -0.3 is 31.5 Å². The number of carbonyl (C=O) groups is 5. The Hall–Kier alpha value is -4.50. The Bertz CT molecular complexity index is 1410. The van der Waals surface area contributed by atoms with Gasteiger partial charge in [0.2, 0.25) is 17.7 Å². The largest absolute Gasteiger partial charge is 0.480 e. The number of aliphatic carboxylic acids is 1. The van der Waals surface area contributed by atoms with Crippen molar-refractivity contribution in [1.29, 1.82) is 0 Å². The normalized spacial score (nSPS) is 18.0. The smallest absolute Gasteiger partial charge is 0.326 e. The lowest BCUT2D eigenvalue weighted by atomic mass is 10.0. The zero-order valence-electron chi connectivity index (χ0n) is 25.2. The Labute approximate surface area is 263 Å². The van der Waals surface area contributed by atoms with Gasteiger partial charge in [-0.15, -0.1) is 0 Å². The van der Waals surface area contributed by atoms with Crippen LogP contribution in [0.3, 0.4) is 0 Å². The predicted molar refractivity (Wildman–Crippen MR) is 158 cm³/mol. The highest BCUT2D eigenvalue weighted by molar-refractivity contribution is 5.92. The van der Waals surface area contributed by atoms with E-state index in [9.17, 15) is 42.3 Å². The number of rotatable bonds is 16. The summed E-state index contributed by atoms with van der Waals surface area (Å²) in [6.45, 7) is 1.42. The second-order valence-corrected chi connectivity index (χ2v) is 11.1. The number of esters is 1. The SMILES string of the molecule is CCOC(=O)C(CCc1ccccc1)N[C@@H](CC(N)=O)C(=O)N1C[C@@H](NC(=O)C[C@H](N)Cc2cc(F)c(F)cc2F)C[C@H]1C(=O)O. The average Bonchev–Trinajstić information content (AvgIpc) is 3.41. The first-order valence-electron chi connectivity index (χ1n) is 14.8. The molecular formula is C31H38F3N5O7. The molecule has 1 heterocycles. The zero-order chi connectivity index (χ0) is 34.0. The van der Waals surface area contributed by atoms with Crippen LogP contribution in [0.2, 0.25) is 0 Å². The van der Waals surface area contributed by atoms with Crippen molar-refractivity contribution in [3.05, 3.63) is 71.0 Å². The molecule has 1 saturated heterocycles. The maximum Gasteiger partial charge on any atom is 0.326 e. The number of nitrogens with one attached hydrogen (secondary N) is 2. The first-order chi connectivity index (χ1) is 21.8. The number of carboxylic acids is 1. The van der Waals surface area contributed by atoms with Crippen LogP contribution in [0.15, 0.2) is 42.5 Å². The van der Waals surface area contributed by atoms with Gasteiger partial charge in [0.1, 0.15) is 17.9 Å². The minimum atomic E-state index is -1.38. The third-order valence-electron chi connectivity index (χ3n) is 7.49. The molecule has 1 aliphatic rings. The molecule has 12 nitrogen and oxygen atoms in total. The van der Waals surface area contributed by atoms with Crippen LogP contribution in [-0.4, -0.2) is 83.0 Å². The molecule has 0 aliphatic carbocycles. The first kappa shape index (κ1) is 36.0. The van der Waals surface area contributed by atoms with Crippen molar-refractivity contribution < 1.29 is 47.0 Å². The summed E-state index contributed by atoms with van der Waals surface area (Å²) in [5, 5.41) is 15.3. The lowest BCUT2D eigenvalue weighted by Crippen LogP contribution is -2.55. The second kappa shape index (κ2) is 16.7. The van der Waals surface area contributed by atoms with Crippen LogP contribution in [0.4, 0.5) is 13.2 Å². The fourth-order valence-electron chi connectivity index (χ4n) is 5.35. The molecule has 0 radical (unpaired) electrons. The summed E-state index contributed by atoms with van der Waals surface area (Å²) in [6.07, 6.45) is -0.755. The van der Waals surface area contributed by atoms with Crippen molar-refractivity contribution in [1.82, 2.24) is 15.5 Å². The van der Waals surface area contributed by atoms with Gasteiger partial charge in [-0.3, -0.25) is 24.5 Å². The third-order valence-corrected chi connectivity index (χ3v) is 7.49. The number of hydrogen-bond acceptors (Lipinski definition) is 8. The summed E-state index contributed by atoms with van der Waals surface area (Å²) in [5.74, 6) is -8.01. The number of nitrogens with zero attached hydrogens (tertiary/aromatic N) is 1. The van der Waals surface area contributed by atoms with Gasteiger partial charge in [0, 0.05) is 37.5 Å². The number of halogens is 3. The highest BCUT2D eigenvalue weighted by Gasteiger charge is 2.43. The van der Waals surface area contributed by atoms with Gasteiger partial charge in [0.15, 0.2) is 11.6 Å². The topological polar surface area (TPSA) is 194 Å². The van der Waals surface area contributed by atoms with Crippen molar-refractivity contribution >= 4 is 29.7 Å². The van der Waals surface area contributed by atoms with Crippen LogP contribution in [-0.2, 0) is 41.6 Å². The molecule has 1 aliphatic heterocycles. The van der Waals surface area contributed by atoms with Gasteiger partial charge in [-0.1, -0.05) is 30.3 Å². The Balaban J connectivity index is 1.69. The minimum Gasteiger partial charge on any atom is -0.480 e. The Morgan fingerprint density at radius 1 is 1.02 bits per heavy atom.